The van der Waals surface area contributed by atoms with Gasteiger partial charge in [0.2, 0.25) is 0 Å². The molecule has 0 radical (unpaired) electrons. The third-order valence-corrected chi connectivity index (χ3v) is 8.50. The SMILES string of the molecule is Cc1ccc(S(=O)(=O)ON=C(c2ccccc2)C(F)(Cl)[S+]([O-])C2CCCCC2)cc1. The Kier molecular flexibility index (Phi) is 7.44. The maximum Gasteiger partial charge on any atom is 0.385 e. The van der Waals surface area contributed by atoms with Crippen LogP contribution in [0.5, 0.6) is 0 Å². The van der Waals surface area contributed by atoms with E-state index >= 15 is 4.39 Å². The number of aryl methyl sites for hydroxylation is 1. The van der Waals surface area contributed by atoms with Crippen LogP contribution < -0.4 is 0 Å². The monoisotopic (exact) mass is 471 g/mol. The summed E-state index contributed by atoms with van der Waals surface area (Å²) in [4.78, 5) is -0.128. The number of halogens is 2. The zero-order valence-corrected chi connectivity index (χ0v) is 18.9. The third kappa shape index (κ3) is 5.35. The second kappa shape index (κ2) is 9.68. The largest absolute Gasteiger partial charge is 0.612 e. The Morgan fingerprint density at radius 3 is 2.33 bits per heavy atom. The van der Waals surface area contributed by atoms with Crippen molar-refractivity contribution in [2.45, 2.75) is 53.6 Å². The first kappa shape index (κ1) is 23.1. The summed E-state index contributed by atoms with van der Waals surface area (Å²) in [5.41, 5.74) is 0.538. The van der Waals surface area contributed by atoms with Gasteiger partial charge >= 0.3 is 14.6 Å². The molecule has 9 heteroatoms. The lowest BCUT2D eigenvalue weighted by molar-refractivity contribution is 0.331. The van der Waals surface area contributed by atoms with Crippen LogP contribution in [0.1, 0.15) is 43.2 Å². The molecular formula is C21H23ClFNO4S2. The molecule has 5 nitrogen and oxygen atoms in total. The number of oxime groups is 1. The van der Waals surface area contributed by atoms with E-state index in [0.29, 0.717) is 12.8 Å². The Labute approximate surface area is 184 Å². The molecule has 1 fully saturated rings. The van der Waals surface area contributed by atoms with Crippen LogP contribution in [0.4, 0.5) is 4.39 Å². The van der Waals surface area contributed by atoms with E-state index in [1.54, 1.807) is 30.3 Å². The molecule has 0 spiro atoms. The first-order valence-electron chi connectivity index (χ1n) is 9.64. The van der Waals surface area contributed by atoms with Crippen molar-refractivity contribution in [3.05, 3.63) is 65.7 Å². The van der Waals surface area contributed by atoms with Gasteiger partial charge in [0, 0.05) is 16.7 Å². The van der Waals surface area contributed by atoms with Gasteiger partial charge in [0.1, 0.15) is 10.1 Å². The molecule has 0 aliphatic heterocycles. The van der Waals surface area contributed by atoms with E-state index in [1.165, 1.54) is 24.3 Å². The Bertz CT molecular complexity index is 976. The molecule has 1 aliphatic carbocycles. The number of hydrogen-bond donors (Lipinski definition) is 0. The fraction of sp³-hybridized carbons (Fsp3) is 0.381. The molecule has 0 heterocycles. The van der Waals surface area contributed by atoms with E-state index in [9.17, 15) is 13.0 Å². The van der Waals surface area contributed by atoms with Crippen molar-refractivity contribution in [3.63, 3.8) is 0 Å². The van der Waals surface area contributed by atoms with Crippen molar-refractivity contribution in [3.8, 4) is 0 Å². The summed E-state index contributed by atoms with van der Waals surface area (Å²) in [6.45, 7) is 1.81. The van der Waals surface area contributed by atoms with E-state index in [-0.39, 0.29) is 10.5 Å². The van der Waals surface area contributed by atoms with E-state index in [0.717, 1.165) is 24.8 Å². The lowest BCUT2D eigenvalue weighted by Gasteiger charge is -2.31. The van der Waals surface area contributed by atoms with Gasteiger partial charge in [-0.15, -0.1) is 0 Å². The van der Waals surface area contributed by atoms with Crippen LogP contribution in [0.25, 0.3) is 0 Å². The highest BCUT2D eigenvalue weighted by Crippen LogP contribution is 2.38. The van der Waals surface area contributed by atoms with E-state index in [2.05, 4.69) is 5.16 Å². The molecule has 1 saturated carbocycles. The fourth-order valence-corrected chi connectivity index (χ4v) is 6.06. The predicted octanol–water partition coefficient (Wildman–Crippen LogP) is 5.05. The van der Waals surface area contributed by atoms with Gasteiger partial charge in [-0.1, -0.05) is 59.6 Å². The van der Waals surface area contributed by atoms with Crippen molar-refractivity contribution >= 4 is 38.6 Å². The molecule has 0 aromatic heterocycles. The number of alkyl halides is 2. The highest BCUT2D eigenvalue weighted by atomic mass is 35.5. The minimum Gasteiger partial charge on any atom is -0.612 e. The van der Waals surface area contributed by atoms with Gasteiger partial charge in [0.05, 0.1) is 0 Å². The van der Waals surface area contributed by atoms with Gasteiger partial charge in [-0.3, -0.25) is 4.28 Å². The van der Waals surface area contributed by atoms with Crippen molar-refractivity contribution in [1.82, 2.24) is 0 Å². The Hall–Kier alpha value is -1.61. The van der Waals surface area contributed by atoms with Crippen molar-refractivity contribution in [1.29, 1.82) is 0 Å². The average Bonchev–Trinajstić information content (AvgIpc) is 2.75. The first-order valence-corrected chi connectivity index (χ1v) is 12.6. The molecule has 0 bridgehead atoms. The average molecular weight is 472 g/mol. The number of rotatable bonds is 7. The van der Waals surface area contributed by atoms with Gasteiger partial charge in [0.15, 0.2) is 5.71 Å². The standard InChI is InChI=1S/C21H23ClFNO4S2/c1-16-12-14-19(15-13-16)30(26,27)28-24-20(17-8-4-2-5-9-17)21(22,23)29(25)18-10-6-3-7-11-18/h2,4-5,8-9,12-15,18H,3,6-7,10-11H2,1H3. The summed E-state index contributed by atoms with van der Waals surface area (Å²) in [6.07, 6.45) is 3.89. The quantitative estimate of drug-likeness (QED) is 0.245. The Morgan fingerprint density at radius 1 is 1.13 bits per heavy atom. The van der Waals surface area contributed by atoms with Crippen molar-refractivity contribution in [2.75, 3.05) is 0 Å². The minimum absolute atomic E-state index is 0.128. The summed E-state index contributed by atoms with van der Waals surface area (Å²) < 4.78 is 55.6. The van der Waals surface area contributed by atoms with Crippen LogP contribution in [0.3, 0.4) is 0 Å². The molecule has 2 aromatic carbocycles. The Balaban J connectivity index is 1.95. The molecule has 2 aromatic rings. The third-order valence-electron chi connectivity index (χ3n) is 4.97. The highest BCUT2D eigenvalue weighted by molar-refractivity contribution is 7.95. The van der Waals surface area contributed by atoms with Crippen LogP contribution in [0, 0.1) is 6.92 Å². The van der Waals surface area contributed by atoms with E-state index in [1.807, 2.05) is 6.92 Å². The molecule has 1 aliphatic rings. The van der Waals surface area contributed by atoms with Crippen LogP contribution >= 0.6 is 11.6 Å². The maximum absolute atomic E-state index is 15.7. The van der Waals surface area contributed by atoms with Gasteiger partial charge < -0.3 is 4.55 Å². The number of nitrogens with zero attached hydrogens (tertiary/aromatic N) is 1. The van der Waals surface area contributed by atoms with Gasteiger partial charge in [0.25, 0.3) is 0 Å². The molecule has 2 unspecified atom stereocenters. The topological polar surface area (TPSA) is 78.8 Å². The van der Waals surface area contributed by atoms with Gasteiger partial charge in [-0.05, 0) is 56.3 Å². The van der Waals surface area contributed by atoms with Crippen LogP contribution in [0.15, 0.2) is 64.6 Å². The zero-order valence-electron chi connectivity index (χ0n) is 16.5. The van der Waals surface area contributed by atoms with Crippen LogP contribution in [0.2, 0.25) is 0 Å². The highest BCUT2D eigenvalue weighted by Gasteiger charge is 2.51. The maximum atomic E-state index is 15.7. The molecule has 2 atom stereocenters. The minimum atomic E-state index is -4.30. The molecule has 162 valence electrons. The summed E-state index contributed by atoms with van der Waals surface area (Å²) in [7, 11) is -4.30. The van der Waals surface area contributed by atoms with E-state index in [4.69, 9.17) is 15.9 Å². The lowest BCUT2D eigenvalue weighted by atomic mass is 10.0. The molecule has 3 rings (SSSR count). The summed E-state index contributed by atoms with van der Waals surface area (Å²) >= 11 is 4.01. The Morgan fingerprint density at radius 2 is 1.73 bits per heavy atom. The van der Waals surface area contributed by atoms with Crippen molar-refractivity contribution < 1.29 is 21.6 Å². The number of benzene rings is 2. The smallest absolute Gasteiger partial charge is 0.385 e. The zero-order chi connectivity index (χ0) is 21.8. The van der Waals surface area contributed by atoms with Crippen LogP contribution in [-0.4, -0.2) is 28.4 Å². The number of hydrogen-bond acceptors (Lipinski definition) is 5. The van der Waals surface area contributed by atoms with Gasteiger partial charge in [-0.25, -0.2) is 0 Å². The predicted molar refractivity (Wildman–Crippen MR) is 117 cm³/mol. The lowest BCUT2D eigenvalue weighted by Crippen LogP contribution is -2.44. The summed E-state index contributed by atoms with van der Waals surface area (Å²) in [5, 5.41) is 3.15. The van der Waals surface area contributed by atoms with E-state index < -0.39 is 36.7 Å². The molecule has 0 amide bonds. The normalized spacial score (nSPS) is 19.1. The van der Waals surface area contributed by atoms with Crippen LogP contribution in [-0.2, 0) is 25.6 Å². The molecule has 30 heavy (non-hydrogen) atoms. The molecule has 0 N–H and O–H groups in total. The molecular weight excluding hydrogens is 449 g/mol. The van der Waals surface area contributed by atoms with Gasteiger partial charge in [-0.2, -0.15) is 12.8 Å². The fourth-order valence-electron chi connectivity index (χ4n) is 3.29. The summed E-state index contributed by atoms with van der Waals surface area (Å²) in [6, 6.07) is 13.9. The molecule has 0 saturated heterocycles. The second-order valence-corrected chi connectivity index (χ2v) is 11.3. The van der Waals surface area contributed by atoms with Crippen molar-refractivity contribution in [2.24, 2.45) is 5.16 Å². The summed E-state index contributed by atoms with van der Waals surface area (Å²) in [5.74, 6) is 0. The first-order chi connectivity index (χ1) is 14.2. The second-order valence-electron chi connectivity index (χ2n) is 7.22.